The van der Waals surface area contributed by atoms with Crippen LogP contribution in [0, 0.1) is 11.3 Å². The average Bonchev–Trinajstić information content (AvgIpc) is 2.86. The lowest BCUT2D eigenvalue weighted by Gasteiger charge is -2.27. The molecule has 3 aromatic rings. The molecule has 0 fully saturated rings. The van der Waals surface area contributed by atoms with E-state index in [4.69, 9.17) is 29.4 Å². The fourth-order valence-corrected chi connectivity index (χ4v) is 4.16. The van der Waals surface area contributed by atoms with E-state index >= 15 is 0 Å². The number of nitrogens with two attached hydrogens (primary N) is 1. The minimum atomic E-state index is -0.613. The SMILES string of the molecule is COc1ccccc1OCC(=O)Oc1ccc2c(c1)OC(N)=C(C#N)C2c1cc(Br)ccc1OC. The van der Waals surface area contributed by atoms with Gasteiger partial charge in [0, 0.05) is 21.7 Å². The number of hydrogen-bond acceptors (Lipinski definition) is 8. The van der Waals surface area contributed by atoms with Gasteiger partial charge in [0.2, 0.25) is 5.88 Å². The van der Waals surface area contributed by atoms with Gasteiger partial charge in [-0.3, -0.25) is 0 Å². The van der Waals surface area contributed by atoms with Gasteiger partial charge in [0.05, 0.1) is 20.1 Å². The van der Waals surface area contributed by atoms with Crippen molar-refractivity contribution in [3.63, 3.8) is 0 Å². The molecule has 1 atom stereocenters. The highest BCUT2D eigenvalue weighted by Gasteiger charge is 2.33. The summed E-state index contributed by atoms with van der Waals surface area (Å²) in [6.07, 6.45) is 0. The third-order valence-electron chi connectivity index (χ3n) is 5.34. The maximum atomic E-state index is 12.4. The lowest BCUT2D eigenvalue weighted by molar-refractivity contribution is -0.136. The van der Waals surface area contributed by atoms with Crippen LogP contribution in [0.2, 0.25) is 0 Å². The van der Waals surface area contributed by atoms with Gasteiger partial charge in [0.25, 0.3) is 0 Å². The van der Waals surface area contributed by atoms with Crippen LogP contribution in [-0.4, -0.2) is 26.8 Å². The smallest absolute Gasteiger partial charge is 0.349 e. The Morgan fingerprint density at radius 2 is 1.77 bits per heavy atom. The van der Waals surface area contributed by atoms with Gasteiger partial charge in [-0.15, -0.1) is 0 Å². The molecule has 0 aliphatic carbocycles. The molecule has 8 nitrogen and oxygen atoms in total. The van der Waals surface area contributed by atoms with Crippen LogP contribution in [0.15, 0.2) is 76.6 Å². The number of esters is 1. The zero-order chi connectivity index (χ0) is 24.9. The molecule has 0 bridgehead atoms. The summed E-state index contributed by atoms with van der Waals surface area (Å²) < 4.78 is 28.2. The number of methoxy groups -OCH3 is 2. The van der Waals surface area contributed by atoms with E-state index in [9.17, 15) is 10.1 Å². The van der Waals surface area contributed by atoms with Gasteiger partial charge in [-0.2, -0.15) is 5.26 Å². The topological polar surface area (TPSA) is 113 Å². The van der Waals surface area contributed by atoms with Crippen LogP contribution in [0.1, 0.15) is 17.0 Å². The van der Waals surface area contributed by atoms with Gasteiger partial charge in [-0.05, 0) is 36.4 Å². The molecule has 1 aliphatic heterocycles. The van der Waals surface area contributed by atoms with Crippen molar-refractivity contribution in [1.29, 1.82) is 5.26 Å². The van der Waals surface area contributed by atoms with Gasteiger partial charge >= 0.3 is 5.97 Å². The summed E-state index contributed by atoms with van der Waals surface area (Å²) in [5.74, 6) is 0.953. The van der Waals surface area contributed by atoms with Crippen molar-refractivity contribution in [1.82, 2.24) is 0 Å². The molecular weight excluding hydrogens is 516 g/mol. The Morgan fingerprint density at radius 3 is 2.49 bits per heavy atom. The largest absolute Gasteiger partial charge is 0.496 e. The van der Waals surface area contributed by atoms with Gasteiger partial charge in [-0.1, -0.05) is 34.1 Å². The molecule has 9 heteroatoms. The van der Waals surface area contributed by atoms with Crippen molar-refractivity contribution in [2.45, 2.75) is 5.92 Å². The minimum absolute atomic E-state index is 0.0324. The first-order chi connectivity index (χ1) is 16.9. The number of para-hydroxylation sites is 2. The molecule has 0 aromatic heterocycles. The summed E-state index contributed by atoms with van der Waals surface area (Å²) in [4.78, 5) is 12.4. The number of allylic oxidation sites excluding steroid dienone is 1. The first kappa shape index (κ1) is 24.0. The van der Waals surface area contributed by atoms with Crippen molar-refractivity contribution in [2.75, 3.05) is 20.8 Å². The number of nitriles is 1. The van der Waals surface area contributed by atoms with Crippen LogP contribution in [0.4, 0.5) is 0 Å². The molecule has 35 heavy (non-hydrogen) atoms. The normalized spacial score (nSPS) is 14.3. The Hall–Kier alpha value is -4.16. The van der Waals surface area contributed by atoms with Crippen LogP contribution in [0.25, 0.3) is 0 Å². The third-order valence-corrected chi connectivity index (χ3v) is 5.83. The summed E-state index contributed by atoms with van der Waals surface area (Å²) in [6.45, 7) is -0.323. The second-order valence-electron chi connectivity index (χ2n) is 7.42. The van der Waals surface area contributed by atoms with E-state index in [-0.39, 0.29) is 23.8 Å². The number of ether oxygens (including phenoxy) is 5. The molecule has 178 valence electrons. The Morgan fingerprint density at radius 1 is 1.03 bits per heavy atom. The van der Waals surface area contributed by atoms with Crippen LogP contribution in [0.3, 0.4) is 0 Å². The molecule has 0 saturated carbocycles. The summed E-state index contributed by atoms with van der Waals surface area (Å²) in [6, 6.07) is 19.6. The number of rotatable bonds is 7. The quantitative estimate of drug-likeness (QED) is 0.342. The molecule has 1 aliphatic rings. The number of fused-ring (bicyclic) bond motifs is 1. The van der Waals surface area contributed by atoms with Crippen LogP contribution in [-0.2, 0) is 4.79 Å². The Labute approximate surface area is 210 Å². The summed E-state index contributed by atoms with van der Waals surface area (Å²) in [5.41, 5.74) is 7.76. The molecule has 4 rings (SSSR count). The van der Waals surface area contributed by atoms with E-state index in [1.807, 2.05) is 12.1 Å². The highest BCUT2D eigenvalue weighted by atomic mass is 79.9. The van der Waals surface area contributed by atoms with E-state index in [1.54, 1.807) is 55.6 Å². The summed E-state index contributed by atoms with van der Waals surface area (Å²) >= 11 is 3.47. The van der Waals surface area contributed by atoms with Gasteiger partial charge in [0.15, 0.2) is 18.1 Å². The molecule has 3 aromatic carbocycles. The monoisotopic (exact) mass is 536 g/mol. The van der Waals surface area contributed by atoms with Gasteiger partial charge in [0.1, 0.15) is 28.9 Å². The van der Waals surface area contributed by atoms with Crippen LogP contribution >= 0.6 is 15.9 Å². The van der Waals surface area contributed by atoms with Crippen molar-refractivity contribution in [3.05, 3.63) is 87.7 Å². The zero-order valence-corrected chi connectivity index (χ0v) is 20.5. The van der Waals surface area contributed by atoms with Crippen LogP contribution < -0.4 is 29.4 Å². The number of carbonyl (C=O) groups excluding carboxylic acids is 1. The fraction of sp³-hybridized carbons (Fsp3) is 0.154. The molecule has 0 saturated heterocycles. The molecular formula is C26H21BrN2O6. The highest BCUT2D eigenvalue weighted by molar-refractivity contribution is 9.10. The Balaban J connectivity index is 1.59. The molecule has 0 amide bonds. The van der Waals surface area contributed by atoms with Crippen molar-refractivity contribution >= 4 is 21.9 Å². The number of benzene rings is 3. The number of carbonyl (C=O) groups is 1. The van der Waals surface area contributed by atoms with Crippen LogP contribution in [0.5, 0.6) is 28.7 Å². The maximum absolute atomic E-state index is 12.4. The van der Waals surface area contributed by atoms with E-state index in [2.05, 4.69) is 22.0 Å². The van der Waals surface area contributed by atoms with E-state index in [0.717, 1.165) is 10.0 Å². The lowest BCUT2D eigenvalue weighted by Crippen LogP contribution is -2.22. The molecule has 0 spiro atoms. The fourth-order valence-electron chi connectivity index (χ4n) is 3.79. The number of halogens is 1. The second kappa shape index (κ2) is 10.4. The Bertz CT molecular complexity index is 1350. The van der Waals surface area contributed by atoms with Gasteiger partial charge in [-0.25, -0.2) is 4.79 Å². The first-order valence-electron chi connectivity index (χ1n) is 10.5. The highest BCUT2D eigenvalue weighted by Crippen LogP contribution is 2.46. The second-order valence-corrected chi connectivity index (χ2v) is 8.34. The molecule has 2 N–H and O–H groups in total. The average molecular weight is 537 g/mol. The number of nitrogens with zero attached hydrogens (tertiary/aromatic N) is 1. The van der Waals surface area contributed by atoms with Crippen molar-refractivity contribution < 1.29 is 28.5 Å². The zero-order valence-electron chi connectivity index (χ0n) is 18.9. The molecule has 1 heterocycles. The first-order valence-corrected chi connectivity index (χ1v) is 11.3. The van der Waals surface area contributed by atoms with E-state index in [1.165, 1.54) is 7.11 Å². The third kappa shape index (κ3) is 5.03. The lowest BCUT2D eigenvalue weighted by atomic mass is 9.83. The summed E-state index contributed by atoms with van der Waals surface area (Å²) in [5, 5.41) is 9.80. The van der Waals surface area contributed by atoms with E-state index in [0.29, 0.717) is 28.6 Å². The van der Waals surface area contributed by atoms with Gasteiger partial charge < -0.3 is 29.4 Å². The predicted octanol–water partition coefficient (Wildman–Crippen LogP) is 4.67. The molecule has 1 unspecified atom stereocenters. The minimum Gasteiger partial charge on any atom is -0.496 e. The maximum Gasteiger partial charge on any atom is 0.349 e. The van der Waals surface area contributed by atoms with Crippen molar-refractivity contribution in [2.24, 2.45) is 5.73 Å². The molecule has 0 radical (unpaired) electrons. The number of hydrogen-bond donors (Lipinski definition) is 1. The predicted molar refractivity (Wildman–Crippen MR) is 131 cm³/mol. The standard InChI is InChI=1S/C26H21BrN2O6/c1-31-20-10-7-15(27)11-18(20)25-17-9-8-16(12-23(17)35-26(29)19(25)13-28)34-24(30)14-33-22-6-4-3-5-21(22)32-2/h3-12,25H,14,29H2,1-2H3. The Kier molecular flexibility index (Phi) is 7.13. The van der Waals surface area contributed by atoms with E-state index < -0.39 is 11.9 Å². The summed E-state index contributed by atoms with van der Waals surface area (Å²) in [7, 11) is 3.07. The van der Waals surface area contributed by atoms with Crippen molar-refractivity contribution in [3.8, 4) is 34.8 Å².